The number of allylic oxidation sites excluding steroid dienone is 1. The molecule has 1 amide bonds. The maximum atomic E-state index is 12.9. The van der Waals surface area contributed by atoms with Crippen LogP contribution in [0.4, 0.5) is 11.4 Å². The van der Waals surface area contributed by atoms with Gasteiger partial charge in [-0.2, -0.15) is 0 Å². The summed E-state index contributed by atoms with van der Waals surface area (Å²) in [5.41, 5.74) is 0.483. The van der Waals surface area contributed by atoms with E-state index in [1.807, 2.05) is 4.57 Å². The second-order valence-corrected chi connectivity index (χ2v) is 7.51. The highest BCUT2D eigenvalue weighted by Crippen LogP contribution is 2.34. The lowest BCUT2D eigenvalue weighted by Gasteiger charge is -2.16. The maximum Gasteiger partial charge on any atom is 0.271 e. The van der Waals surface area contributed by atoms with Gasteiger partial charge in [0.05, 0.1) is 22.1 Å². The Kier molecular flexibility index (Phi) is 5.17. The molecule has 0 spiro atoms. The van der Waals surface area contributed by atoms with Crippen LogP contribution < -0.4 is 4.90 Å². The van der Waals surface area contributed by atoms with E-state index < -0.39 is 4.92 Å². The van der Waals surface area contributed by atoms with Crippen LogP contribution in [0.15, 0.2) is 64.9 Å². The number of thioether (sulfide) groups is 1. The van der Waals surface area contributed by atoms with Crippen LogP contribution >= 0.6 is 11.8 Å². The molecule has 10 heteroatoms. The Balaban J connectivity index is 1.55. The number of benzene rings is 1. The molecule has 1 aromatic carbocycles. The van der Waals surface area contributed by atoms with Crippen molar-refractivity contribution in [3.8, 4) is 11.6 Å². The molecule has 1 unspecified atom stereocenters. The average Bonchev–Trinajstić information content (AvgIpc) is 3.45. The van der Waals surface area contributed by atoms with Gasteiger partial charge in [-0.05, 0) is 24.6 Å². The average molecular weight is 411 g/mol. The zero-order valence-corrected chi connectivity index (χ0v) is 16.1. The number of anilines is 1. The highest BCUT2D eigenvalue weighted by atomic mass is 32.2. The summed E-state index contributed by atoms with van der Waals surface area (Å²) < 4.78 is 7.27. The summed E-state index contributed by atoms with van der Waals surface area (Å²) in [5, 5.41) is 19.7. The van der Waals surface area contributed by atoms with Crippen LogP contribution in [0.3, 0.4) is 0 Å². The number of nitro groups is 1. The zero-order chi connectivity index (χ0) is 20.4. The lowest BCUT2D eigenvalue weighted by atomic mass is 10.2. The van der Waals surface area contributed by atoms with Crippen molar-refractivity contribution in [1.82, 2.24) is 14.8 Å². The fraction of sp³-hybridized carbons (Fsp3) is 0.211. The third-order valence-electron chi connectivity index (χ3n) is 4.53. The van der Waals surface area contributed by atoms with Gasteiger partial charge in [0.1, 0.15) is 0 Å². The number of hydrogen-bond donors (Lipinski definition) is 0. The first-order valence-electron chi connectivity index (χ1n) is 8.89. The van der Waals surface area contributed by atoms with E-state index in [1.54, 1.807) is 41.5 Å². The minimum Gasteiger partial charge on any atom is -0.461 e. The Bertz CT molecular complexity index is 1060. The number of hydrogen-bond acceptors (Lipinski definition) is 7. The zero-order valence-electron chi connectivity index (χ0n) is 15.3. The number of nitrogens with zero attached hydrogens (tertiary/aromatic N) is 5. The third-order valence-corrected chi connectivity index (χ3v) is 5.76. The van der Waals surface area contributed by atoms with E-state index in [4.69, 9.17) is 4.42 Å². The quantitative estimate of drug-likeness (QED) is 0.332. The van der Waals surface area contributed by atoms with Crippen LogP contribution in [0, 0.1) is 10.1 Å². The van der Waals surface area contributed by atoms with E-state index in [0.717, 1.165) is 0 Å². The first-order valence-corrected chi connectivity index (χ1v) is 9.77. The molecule has 0 radical (unpaired) electrons. The van der Waals surface area contributed by atoms with Gasteiger partial charge in [-0.25, -0.2) is 0 Å². The topological polar surface area (TPSA) is 107 Å². The summed E-state index contributed by atoms with van der Waals surface area (Å²) in [6, 6.07) is 9.67. The van der Waals surface area contributed by atoms with Crippen molar-refractivity contribution in [2.45, 2.75) is 23.4 Å². The molecule has 0 bridgehead atoms. The Morgan fingerprint density at radius 3 is 2.93 bits per heavy atom. The van der Waals surface area contributed by atoms with E-state index in [-0.39, 0.29) is 16.8 Å². The number of amides is 1. The second-order valence-electron chi connectivity index (χ2n) is 6.34. The molecule has 3 heterocycles. The Morgan fingerprint density at radius 1 is 1.34 bits per heavy atom. The molecule has 1 aliphatic rings. The molecule has 1 aliphatic heterocycles. The van der Waals surface area contributed by atoms with Crippen LogP contribution in [0.1, 0.15) is 6.42 Å². The number of nitro benzene ring substituents is 1. The van der Waals surface area contributed by atoms with Gasteiger partial charge in [-0.15, -0.1) is 16.8 Å². The molecule has 0 aliphatic carbocycles. The molecular weight excluding hydrogens is 394 g/mol. The van der Waals surface area contributed by atoms with Crippen molar-refractivity contribution < 1.29 is 14.1 Å². The third kappa shape index (κ3) is 3.66. The standard InChI is InChI=1S/C19H17N5O4S/c1-2-9-23-17(15-7-4-11-28-15)20-21-19(23)29-16-8-10-22(18(16)25)13-5-3-6-14(12-13)24(26)27/h2-7,11-12,16H,1,8-10H2. The van der Waals surface area contributed by atoms with Crippen LogP contribution in [0.2, 0.25) is 0 Å². The molecule has 29 heavy (non-hydrogen) atoms. The van der Waals surface area contributed by atoms with Crippen molar-refractivity contribution in [1.29, 1.82) is 0 Å². The summed E-state index contributed by atoms with van der Waals surface area (Å²) in [7, 11) is 0. The number of rotatable bonds is 7. The summed E-state index contributed by atoms with van der Waals surface area (Å²) in [5.74, 6) is 1.05. The van der Waals surface area contributed by atoms with Gasteiger partial charge in [0.25, 0.3) is 5.69 Å². The number of carbonyl (C=O) groups excluding carboxylic acids is 1. The smallest absolute Gasteiger partial charge is 0.271 e. The molecule has 1 atom stereocenters. The van der Waals surface area contributed by atoms with Crippen molar-refractivity contribution in [2.75, 3.05) is 11.4 Å². The van der Waals surface area contributed by atoms with E-state index in [1.165, 1.54) is 23.9 Å². The number of non-ortho nitro benzene ring substituents is 1. The van der Waals surface area contributed by atoms with Crippen molar-refractivity contribution in [3.63, 3.8) is 0 Å². The van der Waals surface area contributed by atoms with Gasteiger partial charge >= 0.3 is 0 Å². The lowest BCUT2D eigenvalue weighted by molar-refractivity contribution is -0.384. The SMILES string of the molecule is C=CCn1c(SC2CCN(c3cccc([N+](=O)[O-])c3)C2=O)nnc1-c1ccco1. The molecule has 4 rings (SSSR count). The Morgan fingerprint density at radius 2 is 2.21 bits per heavy atom. The van der Waals surface area contributed by atoms with Gasteiger partial charge in [-0.3, -0.25) is 19.5 Å². The summed E-state index contributed by atoms with van der Waals surface area (Å²) >= 11 is 1.33. The lowest BCUT2D eigenvalue weighted by Crippen LogP contribution is -2.28. The fourth-order valence-electron chi connectivity index (χ4n) is 3.18. The maximum absolute atomic E-state index is 12.9. The van der Waals surface area contributed by atoms with Gasteiger partial charge in [0, 0.05) is 25.2 Å². The van der Waals surface area contributed by atoms with Crippen LogP contribution in [0.5, 0.6) is 0 Å². The summed E-state index contributed by atoms with van der Waals surface area (Å²) in [6.45, 7) is 4.73. The van der Waals surface area contributed by atoms with Gasteiger partial charge in [0.2, 0.25) is 11.7 Å². The number of carbonyl (C=O) groups is 1. The predicted molar refractivity (Wildman–Crippen MR) is 108 cm³/mol. The van der Waals surface area contributed by atoms with Gasteiger partial charge < -0.3 is 9.32 Å². The minimum absolute atomic E-state index is 0.0415. The summed E-state index contributed by atoms with van der Waals surface area (Å²) in [6.07, 6.45) is 3.89. The fourth-order valence-corrected chi connectivity index (χ4v) is 4.26. The minimum atomic E-state index is -0.468. The molecule has 1 fully saturated rings. The van der Waals surface area contributed by atoms with Crippen LogP contribution in [-0.4, -0.2) is 37.4 Å². The monoisotopic (exact) mass is 411 g/mol. The second kappa shape index (κ2) is 7.92. The van der Waals surface area contributed by atoms with Crippen molar-refractivity contribution >= 4 is 29.0 Å². The number of aromatic nitrogens is 3. The molecule has 0 saturated carbocycles. The molecule has 3 aromatic rings. The van der Waals surface area contributed by atoms with Crippen LogP contribution in [-0.2, 0) is 11.3 Å². The highest BCUT2D eigenvalue weighted by Gasteiger charge is 2.35. The van der Waals surface area contributed by atoms with Crippen molar-refractivity contribution in [3.05, 3.63) is 65.4 Å². The normalized spacial score (nSPS) is 16.3. The number of furan rings is 1. The Labute approximate surface area is 170 Å². The molecule has 0 N–H and O–H groups in total. The highest BCUT2D eigenvalue weighted by molar-refractivity contribution is 8.00. The van der Waals surface area contributed by atoms with Crippen molar-refractivity contribution in [2.24, 2.45) is 0 Å². The van der Waals surface area contributed by atoms with E-state index in [2.05, 4.69) is 16.8 Å². The van der Waals surface area contributed by atoms with E-state index >= 15 is 0 Å². The predicted octanol–water partition coefficient (Wildman–Crippen LogP) is 3.53. The van der Waals surface area contributed by atoms with E-state index in [0.29, 0.717) is 41.9 Å². The molecule has 1 saturated heterocycles. The summed E-state index contributed by atoms with van der Waals surface area (Å²) in [4.78, 5) is 25.1. The first kappa shape index (κ1) is 18.9. The van der Waals surface area contributed by atoms with Crippen LogP contribution in [0.25, 0.3) is 11.6 Å². The first-order chi connectivity index (χ1) is 14.1. The Hall–Kier alpha value is -3.40. The molecule has 2 aromatic heterocycles. The van der Waals surface area contributed by atoms with E-state index in [9.17, 15) is 14.9 Å². The molecule has 148 valence electrons. The van der Waals surface area contributed by atoms with Gasteiger partial charge in [0.15, 0.2) is 10.9 Å². The largest absolute Gasteiger partial charge is 0.461 e. The molecule has 9 nitrogen and oxygen atoms in total. The molecular formula is C19H17N5O4S. The van der Waals surface area contributed by atoms with Gasteiger partial charge in [-0.1, -0.05) is 23.9 Å².